The Balaban J connectivity index is 1.28. The number of hydrogen-bond donors (Lipinski definition) is 1. The highest BCUT2D eigenvalue weighted by Gasteiger charge is 2.11. The van der Waals surface area contributed by atoms with Gasteiger partial charge in [-0.25, -0.2) is 4.98 Å². The predicted molar refractivity (Wildman–Crippen MR) is 134 cm³/mol. The number of fused-ring (bicyclic) bond motifs is 1. The van der Waals surface area contributed by atoms with Crippen molar-refractivity contribution in [3.63, 3.8) is 0 Å². The van der Waals surface area contributed by atoms with Gasteiger partial charge in [-0.15, -0.1) is 11.8 Å². The van der Waals surface area contributed by atoms with Gasteiger partial charge in [0, 0.05) is 16.8 Å². The zero-order chi connectivity index (χ0) is 21.5. The fraction of sp³-hybridized carbons (Fsp3) is 0.308. The molecule has 4 aromatic rings. The number of thioether (sulfide) groups is 2. The summed E-state index contributed by atoms with van der Waals surface area (Å²) in [7, 11) is 0. The van der Waals surface area contributed by atoms with Crippen molar-refractivity contribution in [2.75, 3.05) is 5.75 Å². The smallest absolute Gasteiger partial charge is 0.166 e. The summed E-state index contributed by atoms with van der Waals surface area (Å²) >= 11 is 3.71. The number of H-pyrrole nitrogens is 1. The number of aromatic amines is 1. The molecule has 3 nitrogen and oxygen atoms in total. The van der Waals surface area contributed by atoms with Crippen molar-refractivity contribution in [1.29, 1.82) is 0 Å². The minimum Gasteiger partial charge on any atom is -0.333 e. The Kier molecular flexibility index (Phi) is 7.71. The molecule has 0 unspecified atom stereocenters. The monoisotopic (exact) mass is 447 g/mol. The quantitative estimate of drug-likeness (QED) is 0.203. The molecule has 0 atom stereocenters. The molecule has 0 aliphatic heterocycles. The summed E-state index contributed by atoms with van der Waals surface area (Å²) < 4.78 is 0. The summed E-state index contributed by atoms with van der Waals surface area (Å²) in [5.41, 5.74) is 7.30. The van der Waals surface area contributed by atoms with Crippen LogP contribution >= 0.6 is 23.5 Å². The zero-order valence-electron chi connectivity index (χ0n) is 18.2. The van der Waals surface area contributed by atoms with Gasteiger partial charge in [-0.2, -0.15) is 0 Å². The van der Waals surface area contributed by atoms with Crippen LogP contribution in [0.5, 0.6) is 0 Å². The van der Waals surface area contributed by atoms with Gasteiger partial charge < -0.3 is 4.98 Å². The highest BCUT2D eigenvalue weighted by Crippen LogP contribution is 2.31. The molecule has 160 valence electrons. The lowest BCUT2D eigenvalue weighted by atomic mass is 10.1. The Bertz CT molecular complexity index is 1090. The summed E-state index contributed by atoms with van der Waals surface area (Å²) in [5, 5.41) is 0.954. The Labute approximate surface area is 193 Å². The maximum absolute atomic E-state index is 4.72. The van der Waals surface area contributed by atoms with Gasteiger partial charge in [0.25, 0.3) is 0 Å². The third-order valence-corrected chi connectivity index (χ3v) is 7.75. The minimum absolute atomic E-state index is 0.830. The van der Waals surface area contributed by atoms with Gasteiger partial charge in [-0.05, 0) is 67.7 Å². The molecular formula is C26H29N3S2. The van der Waals surface area contributed by atoms with Crippen LogP contribution in [-0.4, -0.2) is 20.7 Å². The Morgan fingerprint density at radius 1 is 0.871 bits per heavy atom. The van der Waals surface area contributed by atoms with Crippen LogP contribution < -0.4 is 0 Å². The first kappa shape index (κ1) is 22.0. The van der Waals surface area contributed by atoms with Crippen LogP contribution in [0.2, 0.25) is 0 Å². The van der Waals surface area contributed by atoms with Crippen LogP contribution in [0.1, 0.15) is 41.6 Å². The third-order valence-electron chi connectivity index (χ3n) is 5.46. The first-order valence-electron chi connectivity index (χ1n) is 10.9. The van der Waals surface area contributed by atoms with Crippen molar-refractivity contribution in [2.24, 2.45) is 0 Å². The second kappa shape index (κ2) is 10.9. The van der Waals surface area contributed by atoms with Crippen molar-refractivity contribution < 1.29 is 0 Å². The molecule has 5 heteroatoms. The highest BCUT2D eigenvalue weighted by molar-refractivity contribution is 7.99. The van der Waals surface area contributed by atoms with Gasteiger partial charge in [-0.1, -0.05) is 60.6 Å². The van der Waals surface area contributed by atoms with Crippen LogP contribution in [0, 0.1) is 13.8 Å². The number of benzene rings is 2. The van der Waals surface area contributed by atoms with Gasteiger partial charge in [-0.3, -0.25) is 4.98 Å². The van der Waals surface area contributed by atoms with Crippen molar-refractivity contribution in [2.45, 2.75) is 55.3 Å². The molecule has 31 heavy (non-hydrogen) atoms. The van der Waals surface area contributed by atoms with E-state index < -0.39 is 0 Å². The lowest BCUT2D eigenvalue weighted by molar-refractivity contribution is 0.722. The van der Waals surface area contributed by atoms with Gasteiger partial charge >= 0.3 is 0 Å². The molecule has 0 amide bonds. The average Bonchev–Trinajstić information content (AvgIpc) is 3.21. The van der Waals surface area contributed by atoms with Gasteiger partial charge in [0.1, 0.15) is 0 Å². The molecule has 0 aliphatic rings. The molecule has 0 aliphatic carbocycles. The number of hydrogen-bond acceptors (Lipinski definition) is 4. The molecule has 0 saturated carbocycles. The van der Waals surface area contributed by atoms with E-state index in [0.717, 1.165) is 33.4 Å². The first-order valence-corrected chi connectivity index (χ1v) is 12.9. The number of aromatic nitrogens is 3. The SMILES string of the molecule is Cc1cnc(CSc2nc3ccccc3[nH]2)c(C)c1SCCCCCc1ccccc1. The minimum atomic E-state index is 0.830. The molecule has 0 spiro atoms. The van der Waals surface area contributed by atoms with Crippen molar-refractivity contribution in [1.82, 2.24) is 15.0 Å². The van der Waals surface area contributed by atoms with E-state index in [9.17, 15) is 0 Å². The van der Waals surface area contributed by atoms with E-state index in [1.54, 1.807) is 11.8 Å². The molecule has 0 fully saturated rings. The van der Waals surface area contributed by atoms with Gasteiger partial charge in [0.05, 0.1) is 16.7 Å². The van der Waals surface area contributed by atoms with E-state index in [-0.39, 0.29) is 0 Å². The molecular weight excluding hydrogens is 418 g/mol. The van der Waals surface area contributed by atoms with E-state index in [1.807, 2.05) is 36.2 Å². The summed E-state index contributed by atoms with van der Waals surface area (Å²) in [5.74, 6) is 1.99. The second-order valence-corrected chi connectivity index (χ2v) is 9.90. The molecule has 2 aromatic heterocycles. The molecule has 0 bridgehead atoms. The topological polar surface area (TPSA) is 41.6 Å². The number of aryl methyl sites for hydroxylation is 2. The Morgan fingerprint density at radius 2 is 1.68 bits per heavy atom. The molecule has 2 heterocycles. The lowest BCUT2D eigenvalue weighted by Gasteiger charge is -2.13. The lowest BCUT2D eigenvalue weighted by Crippen LogP contribution is -1.98. The molecule has 0 saturated heterocycles. The Morgan fingerprint density at radius 3 is 2.52 bits per heavy atom. The third kappa shape index (κ3) is 5.92. The molecule has 1 N–H and O–H groups in total. The number of nitrogens with one attached hydrogen (secondary N) is 1. The van der Waals surface area contributed by atoms with Crippen LogP contribution in [0.4, 0.5) is 0 Å². The van der Waals surface area contributed by atoms with Crippen LogP contribution in [-0.2, 0) is 12.2 Å². The average molecular weight is 448 g/mol. The number of unbranched alkanes of at least 4 members (excludes halogenated alkanes) is 2. The van der Waals surface area contributed by atoms with Crippen molar-refractivity contribution in [3.8, 4) is 0 Å². The number of para-hydroxylation sites is 2. The number of nitrogens with zero attached hydrogens (tertiary/aromatic N) is 2. The maximum atomic E-state index is 4.72. The summed E-state index contributed by atoms with van der Waals surface area (Å²) in [4.78, 5) is 14.2. The van der Waals surface area contributed by atoms with Gasteiger partial charge in [0.15, 0.2) is 5.16 Å². The van der Waals surface area contributed by atoms with E-state index in [1.165, 1.54) is 47.3 Å². The van der Waals surface area contributed by atoms with Crippen molar-refractivity contribution >= 4 is 34.6 Å². The first-order chi connectivity index (χ1) is 15.2. The maximum Gasteiger partial charge on any atom is 0.166 e. The summed E-state index contributed by atoms with van der Waals surface area (Å²) in [6, 6.07) is 19.0. The number of imidazole rings is 1. The van der Waals surface area contributed by atoms with E-state index >= 15 is 0 Å². The molecule has 2 aromatic carbocycles. The van der Waals surface area contributed by atoms with Crippen LogP contribution in [0.25, 0.3) is 11.0 Å². The van der Waals surface area contributed by atoms with E-state index in [0.29, 0.717) is 0 Å². The second-order valence-electron chi connectivity index (χ2n) is 7.83. The zero-order valence-corrected chi connectivity index (χ0v) is 19.9. The predicted octanol–water partition coefficient (Wildman–Crippen LogP) is 7.37. The fourth-order valence-corrected chi connectivity index (χ4v) is 5.76. The standard InChI is InChI=1S/C26H29N3S2/c1-19-17-27-24(18-31-26-28-22-14-8-9-15-23(22)29-26)20(2)25(19)30-16-10-4-7-13-21-11-5-3-6-12-21/h3,5-6,8-9,11-12,14-15,17H,4,7,10,13,16,18H2,1-2H3,(H,28,29). The van der Waals surface area contributed by atoms with Crippen LogP contribution in [0.3, 0.4) is 0 Å². The molecule has 0 radical (unpaired) electrons. The fourth-order valence-electron chi connectivity index (χ4n) is 3.69. The largest absolute Gasteiger partial charge is 0.333 e. The number of pyridine rings is 1. The molecule has 4 rings (SSSR count). The van der Waals surface area contributed by atoms with E-state index in [4.69, 9.17) is 4.98 Å². The number of rotatable bonds is 10. The van der Waals surface area contributed by atoms with E-state index in [2.05, 4.69) is 60.2 Å². The normalized spacial score (nSPS) is 11.3. The van der Waals surface area contributed by atoms with Gasteiger partial charge in [0.2, 0.25) is 0 Å². The Hall–Kier alpha value is -2.24. The van der Waals surface area contributed by atoms with Crippen LogP contribution in [0.15, 0.2) is 70.8 Å². The summed E-state index contributed by atoms with van der Waals surface area (Å²) in [6.45, 7) is 4.39. The van der Waals surface area contributed by atoms with Crippen molar-refractivity contribution in [3.05, 3.63) is 83.2 Å². The highest BCUT2D eigenvalue weighted by atomic mass is 32.2. The summed E-state index contributed by atoms with van der Waals surface area (Å²) in [6.07, 6.45) is 7.00.